The molecule has 0 N–H and O–H groups in total. The number of rotatable bonds is 5. The van der Waals surface area contributed by atoms with Gasteiger partial charge in [0, 0.05) is 16.5 Å². The average molecular weight is 409 g/mol. The van der Waals surface area contributed by atoms with Gasteiger partial charge in [-0.05, 0) is 49.6 Å². The van der Waals surface area contributed by atoms with Crippen molar-refractivity contribution < 1.29 is 22.1 Å². The van der Waals surface area contributed by atoms with E-state index in [0.29, 0.717) is 24.7 Å². The fourth-order valence-electron chi connectivity index (χ4n) is 3.86. The third-order valence-electron chi connectivity index (χ3n) is 5.18. The Balaban J connectivity index is 1.48. The molecular weight excluding hydrogens is 388 g/mol. The van der Waals surface area contributed by atoms with Crippen LogP contribution in [0, 0.1) is 12.8 Å². The highest BCUT2D eigenvalue weighted by molar-refractivity contribution is 7.86. The number of hydrogen-bond acceptors (Lipinski definition) is 5. The van der Waals surface area contributed by atoms with Gasteiger partial charge >= 0.3 is 0 Å². The van der Waals surface area contributed by atoms with E-state index in [-0.39, 0.29) is 17.4 Å². The van der Waals surface area contributed by atoms with Crippen molar-refractivity contribution in [1.29, 1.82) is 0 Å². The predicted octanol–water partition coefficient (Wildman–Crippen LogP) is 3.82. The lowest BCUT2D eigenvalue weighted by atomic mass is 9.96. The molecule has 0 radical (unpaired) electrons. The summed E-state index contributed by atoms with van der Waals surface area (Å²) < 4.78 is 42.0. The number of halogens is 1. The quantitative estimate of drug-likeness (QED) is 0.704. The summed E-state index contributed by atoms with van der Waals surface area (Å²) in [5, 5.41) is 0.631. The first kappa shape index (κ1) is 18.9. The number of aryl methyl sites for hydroxylation is 1. The van der Waals surface area contributed by atoms with Crippen molar-refractivity contribution in [3.8, 4) is 0 Å². The molecule has 2 aliphatic rings. The minimum absolute atomic E-state index is 0.0262. The van der Waals surface area contributed by atoms with E-state index in [1.165, 1.54) is 0 Å². The van der Waals surface area contributed by atoms with Crippen LogP contribution in [0.15, 0.2) is 47.4 Å². The molecule has 1 fully saturated rings. The number of benzene rings is 2. The predicted molar refractivity (Wildman–Crippen MR) is 101 cm³/mol. The minimum Gasteiger partial charge on any atom is -0.343 e. The Morgan fingerprint density at radius 2 is 1.85 bits per heavy atom. The van der Waals surface area contributed by atoms with E-state index in [1.807, 2.05) is 25.1 Å². The van der Waals surface area contributed by atoms with Crippen LogP contribution in [-0.2, 0) is 36.0 Å². The molecule has 1 spiro atoms. The minimum atomic E-state index is -3.78. The maximum absolute atomic E-state index is 12.4. The summed E-state index contributed by atoms with van der Waals surface area (Å²) in [6.07, 6.45) is 1.23. The maximum Gasteiger partial charge on any atom is 0.296 e. The summed E-state index contributed by atoms with van der Waals surface area (Å²) in [5.74, 6) is -0.876. The Hall–Kier alpha value is -1.44. The van der Waals surface area contributed by atoms with Crippen LogP contribution in [0.25, 0.3) is 0 Å². The summed E-state index contributed by atoms with van der Waals surface area (Å²) in [6.45, 7) is 2.98. The second-order valence-electron chi connectivity index (χ2n) is 6.94. The van der Waals surface area contributed by atoms with Gasteiger partial charge < -0.3 is 9.47 Å². The van der Waals surface area contributed by atoms with Crippen molar-refractivity contribution in [1.82, 2.24) is 0 Å². The average Bonchev–Trinajstić information content (AvgIpc) is 3.23. The van der Waals surface area contributed by atoms with E-state index in [2.05, 4.69) is 0 Å². The molecule has 1 aliphatic carbocycles. The van der Waals surface area contributed by atoms with Crippen LogP contribution in [0.4, 0.5) is 0 Å². The highest BCUT2D eigenvalue weighted by atomic mass is 35.5. The van der Waals surface area contributed by atoms with Crippen LogP contribution in [0.5, 0.6) is 0 Å². The van der Waals surface area contributed by atoms with Crippen molar-refractivity contribution in [2.45, 2.75) is 30.4 Å². The van der Waals surface area contributed by atoms with Crippen molar-refractivity contribution in [2.24, 2.45) is 5.92 Å². The molecule has 0 amide bonds. The van der Waals surface area contributed by atoms with Crippen molar-refractivity contribution in [3.05, 3.63) is 64.2 Å². The summed E-state index contributed by atoms with van der Waals surface area (Å²) in [6, 6.07) is 12.3. The van der Waals surface area contributed by atoms with Gasteiger partial charge in [0.15, 0.2) is 5.79 Å². The van der Waals surface area contributed by atoms with Crippen LogP contribution in [0.2, 0.25) is 5.02 Å². The molecular formula is C20H21ClO5S. The van der Waals surface area contributed by atoms with Crippen molar-refractivity contribution in [2.75, 3.05) is 19.8 Å². The van der Waals surface area contributed by atoms with Gasteiger partial charge in [-0.15, -0.1) is 0 Å². The molecule has 7 heteroatoms. The van der Waals surface area contributed by atoms with Crippen LogP contribution in [0.3, 0.4) is 0 Å². The Bertz CT molecular complexity index is 933. The number of fused-ring (bicyclic) bond motifs is 2. The monoisotopic (exact) mass is 408 g/mol. The third-order valence-corrected chi connectivity index (χ3v) is 6.74. The Kier molecular flexibility index (Phi) is 5.03. The van der Waals surface area contributed by atoms with Crippen molar-refractivity contribution >= 4 is 21.7 Å². The van der Waals surface area contributed by atoms with Crippen molar-refractivity contribution in [3.63, 3.8) is 0 Å². The highest BCUT2D eigenvalue weighted by Gasteiger charge is 2.51. The fraction of sp³-hybridized carbons (Fsp3) is 0.400. The first-order chi connectivity index (χ1) is 12.9. The lowest BCUT2D eigenvalue weighted by Gasteiger charge is -2.30. The summed E-state index contributed by atoms with van der Waals surface area (Å²) in [7, 11) is -3.78. The highest BCUT2D eigenvalue weighted by Crippen LogP contribution is 2.49. The first-order valence-electron chi connectivity index (χ1n) is 8.94. The topological polar surface area (TPSA) is 61.8 Å². The molecule has 2 aromatic rings. The zero-order chi connectivity index (χ0) is 19.1. The molecule has 1 unspecified atom stereocenters. The van der Waals surface area contributed by atoms with Gasteiger partial charge in [0.1, 0.15) is 0 Å². The van der Waals surface area contributed by atoms with Gasteiger partial charge in [-0.2, -0.15) is 8.42 Å². The SMILES string of the molecule is Cc1ccc(S(=O)(=O)OCCC2Cc3ccc(Cl)cc3C23OCCO3)cc1. The molecule has 1 aliphatic heterocycles. The molecule has 5 nitrogen and oxygen atoms in total. The van der Waals surface area contributed by atoms with E-state index in [1.54, 1.807) is 24.3 Å². The van der Waals surface area contributed by atoms with Gasteiger partial charge in [-0.3, -0.25) is 4.18 Å². The second-order valence-corrected chi connectivity index (χ2v) is 9.00. The van der Waals surface area contributed by atoms with E-state index in [0.717, 1.165) is 23.1 Å². The van der Waals surface area contributed by atoms with Crippen LogP contribution in [0.1, 0.15) is 23.1 Å². The molecule has 1 saturated heterocycles. The zero-order valence-electron chi connectivity index (χ0n) is 15.0. The lowest BCUT2D eigenvalue weighted by molar-refractivity contribution is -0.199. The summed E-state index contributed by atoms with van der Waals surface area (Å²) in [4.78, 5) is 0.165. The van der Waals surface area contributed by atoms with Gasteiger partial charge in [0.25, 0.3) is 10.1 Å². The smallest absolute Gasteiger partial charge is 0.296 e. The molecule has 0 saturated carbocycles. The lowest BCUT2D eigenvalue weighted by Crippen LogP contribution is -2.33. The van der Waals surface area contributed by atoms with Crippen LogP contribution < -0.4 is 0 Å². The number of ether oxygens (including phenoxy) is 2. The Morgan fingerprint density at radius 3 is 2.56 bits per heavy atom. The fourth-order valence-corrected chi connectivity index (χ4v) is 4.95. The Labute approximate surface area is 164 Å². The van der Waals surface area contributed by atoms with E-state index in [9.17, 15) is 8.42 Å². The van der Waals surface area contributed by atoms with Gasteiger partial charge in [0.05, 0.1) is 24.7 Å². The molecule has 0 aromatic heterocycles. The van der Waals surface area contributed by atoms with E-state index < -0.39 is 15.9 Å². The third kappa shape index (κ3) is 3.52. The molecule has 0 bridgehead atoms. The normalized spacial score (nSPS) is 20.9. The molecule has 1 atom stereocenters. The summed E-state index contributed by atoms with van der Waals surface area (Å²) >= 11 is 6.16. The van der Waals surface area contributed by atoms with Gasteiger partial charge in [0.2, 0.25) is 0 Å². The molecule has 4 rings (SSSR count). The molecule has 1 heterocycles. The van der Waals surface area contributed by atoms with Gasteiger partial charge in [-0.1, -0.05) is 35.4 Å². The summed E-state index contributed by atoms with van der Waals surface area (Å²) in [5.41, 5.74) is 3.06. The molecule has 2 aromatic carbocycles. The first-order valence-corrected chi connectivity index (χ1v) is 10.7. The van der Waals surface area contributed by atoms with E-state index in [4.69, 9.17) is 25.3 Å². The van der Waals surface area contributed by atoms with Crippen LogP contribution in [-0.4, -0.2) is 28.2 Å². The maximum atomic E-state index is 12.4. The largest absolute Gasteiger partial charge is 0.343 e. The van der Waals surface area contributed by atoms with Gasteiger partial charge in [-0.25, -0.2) is 0 Å². The molecule has 144 valence electrons. The Morgan fingerprint density at radius 1 is 1.15 bits per heavy atom. The zero-order valence-corrected chi connectivity index (χ0v) is 16.6. The molecule has 27 heavy (non-hydrogen) atoms. The van der Waals surface area contributed by atoms with E-state index >= 15 is 0 Å². The second kappa shape index (κ2) is 7.18. The number of hydrogen-bond donors (Lipinski definition) is 0. The standard InChI is InChI=1S/C20H21ClO5S/c1-14-2-6-18(7-3-14)27(22,23)26-9-8-16-12-15-4-5-17(21)13-19(15)20(16)24-10-11-25-20/h2-7,13,16H,8-12H2,1H3. The van der Waals surface area contributed by atoms with Crippen LogP contribution >= 0.6 is 11.6 Å².